The highest BCUT2D eigenvalue weighted by atomic mass is 16.2. The van der Waals surface area contributed by atoms with Crippen LogP contribution < -0.4 is 0 Å². The van der Waals surface area contributed by atoms with Gasteiger partial charge in [-0.05, 0) is 19.4 Å². The first-order valence-corrected chi connectivity index (χ1v) is 6.52. The summed E-state index contributed by atoms with van der Waals surface area (Å²) in [4.78, 5) is 28.5. The lowest BCUT2D eigenvalue weighted by Gasteiger charge is -2.32. The molecule has 0 aromatic heterocycles. The Balaban J connectivity index is 2.26. The Bertz CT molecular complexity index is 305. The average molecular weight is 255 g/mol. The van der Waals surface area contributed by atoms with Gasteiger partial charge in [0.1, 0.15) is 0 Å². The number of carbonyl (C=O) groups excluding carboxylic acids is 2. The second kappa shape index (κ2) is 6.73. The molecule has 5 nitrogen and oxygen atoms in total. The largest absolute Gasteiger partial charge is 0.349 e. The second-order valence-corrected chi connectivity index (χ2v) is 5.48. The molecule has 0 aromatic rings. The number of rotatable bonds is 5. The van der Waals surface area contributed by atoms with E-state index in [2.05, 4.69) is 4.90 Å². The van der Waals surface area contributed by atoms with Crippen LogP contribution in [-0.2, 0) is 9.59 Å². The fraction of sp³-hybridized carbons (Fsp3) is 0.846. The molecular formula is C13H25N3O2. The Morgan fingerprint density at radius 2 is 2.06 bits per heavy atom. The molecule has 0 radical (unpaired) electrons. The van der Waals surface area contributed by atoms with E-state index < -0.39 is 0 Å². The third kappa shape index (κ3) is 4.64. The predicted molar refractivity (Wildman–Crippen MR) is 71.2 cm³/mol. The van der Waals surface area contributed by atoms with Crippen molar-refractivity contribution in [3.63, 3.8) is 0 Å². The van der Waals surface area contributed by atoms with Gasteiger partial charge in [0.05, 0.1) is 0 Å². The van der Waals surface area contributed by atoms with Crippen molar-refractivity contribution in [2.24, 2.45) is 5.92 Å². The molecule has 2 amide bonds. The summed E-state index contributed by atoms with van der Waals surface area (Å²) in [5.41, 5.74) is 0. The van der Waals surface area contributed by atoms with Crippen molar-refractivity contribution in [1.82, 2.24) is 14.7 Å². The highest BCUT2D eigenvalue weighted by molar-refractivity contribution is 5.76. The average Bonchev–Trinajstić information content (AvgIpc) is 2.30. The van der Waals surface area contributed by atoms with Gasteiger partial charge in [-0.3, -0.25) is 9.59 Å². The molecule has 0 aliphatic carbocycles. The van der Waals surface area contributed by atoms with E-state index in [1.165, 1.54) is 0 Å². The number of carbonyl (C=O) groups is 2. The van der Waals surface area contributed by atoms with E-state index in [-0.39, 0.29) is 11.8 Å². The zero-order valence-corrected chi connectivity index (χ0v) is 12.0. The van der Waals surface area contributed by atoms with E-state index >= 15 is 0 Å². The van der Waals surface area contributed by atoms with Crippen molar-refractivity contribution >= 4 is 11.8 Å². The SMILES string of the molecule is CN(CCC(=O)N(C)C)CC1CCC(=O)N(C)C1. The minimum Gasteiger partial charge on any atom is -0.349 e. The van der Waals surface area contributed by atoms with Crippen LogP contribution in [0.25, 0.3) is 0 Å². The van der Waals surface area contributed by atoms with Crippen LogP contribution in [0.4, 0.5) is 0 Å². The van der Waals surface area contributed by atoms with Crippen LogP contribution in [0.15, 0.2) is 0 Å². The van der Waals surface area contributed by atoms with Gasteiger partial charge in [-0.25, -0.2) is 0 Å². The van der Waals surface area contributed by atoms with Crippen molar-refractivity contribution in [3.8, 4) is 0 Å². The first-order chi connectivity index (χ1) is 8.40. The van der Waals surface area contributed by atoms with Gasteiger partial charge < -0.3 is 14.7 Å². The van der Waals surface area contributed by atoms with Gasteiger partial charge in [-0.2, -0.15) is 0 Å². The zero-order valence-electron chi connectivity index (χ0n) is 12.0. The standard InChI is InChI=1S/C13H25N3O2/c1-14(2)12(17)7-8-15(3)9-11-5-6-13(18)16(4)10-11/h11H,5-10H2,1-4H3. The predicted octanol–water partition coefficient (Wildman–Crippen LogP) is 0.265. The lowest BCUT2D eigenvalue weighted by molar-refractivity contribution is -0.133. The molecule has 1 heterocycles. The van der Waals surface area contributed by atoms with Crippen molar-refractivity contribution in [2.75, 3.05) is 47.8 Å². The molecule has 0 spiro atoms. The maximum Gasteiger partial charge on any atom is 0.223 e. The summed E-state index contributed by atoms with van der Waals surface area (Å²) in [5.74, 6) is 0.946. The molecule has 1 atom stereocenters. The summed E-state index contributed by atoms with van der Waals surface area (Å²) < 4.78 is 0. The van der Waals surface area contributed by atoms with Gasteiger partial charge in [-0.1, -0.05) is 0 Å². The van der Waals surface area contributed by atoms with E-state index in [9.17, 15) is 9.59 Å². The summed E-state index contributed by atoms with van der Waals surface area (Å²) in [6.45, 7) is 2.58. The first-order valence-electron chi connectivity index (χ1n) is 6.52. The third-order valence-corrected chi connectivity index (χ3v) is 3.50. The van der Waals surface area contributed by atoms with Crippen molar-refractivity contribution < 1.29 is 9.59 Å². The number of hydrogen-bond acceptors (Lipinski definition) is 3. The lowest BCUT2D eigenvalue weighted by Crippen LogP contribution is -2.41. The number of piperidine rings is 1. The van der Waals surface area contributed by atoms with E-state index in [0.29, 0.717) is 18.8 Å². The summed E-state index contributed by atoms with van der Waals surface area (Å²) >= 11 is 0. The molecular weight excluding hydrogens is 230 g/mol. The fourth-order valence-electron chi connectivity index (χ4n) is 2.29. The normalized spacial score (nSPS) is 20.4. The van der Waals surface area contributed by atoms with E-state index in [1.54, 1.807) is 19.0 Å². The minimum absolute atomic E-state index is 0.165. The molecule has 1 fully saturated rings. The zero-order chi connectivity index (χ0) is 13.7. The Labute approximate surface area is 110 Å². The molecule has 18 heavy (non-hydrogen) atoms. The first kappa shape index (κ1) is 15.0. The Hall–Kier alpha value is -1.10. The second-order valence-electron chi connectivity index (χ2n) is 5.48. The molecule has 5 heteroatoms. The van der Waals surface area contributed by atoms with Crippen molar-refractivity contribution in [3.05, 3.63) is 0 Å². The maximum atomic E-state index is 11.5. The molecule has 1 unspecified atom stereocenters. The van der Waals surface area contributed by atoms with Gasteiger partial charge in [0, 0.05) is 53.6 Å². The summed E-state index contributed by atoms with van der Waals surface area (Å²) in [6.07, 6.45) is 2.19. The topological polar surface area (TPSA) is 43.9 Å². The molecule has 1 aliphatic rings. The minimum atomic E-state index is 0.165. The monoisotopic (exact) mass is 255 g/mol. The Kier molecular flexibility index (Phi) is 5.59. The van der Waals surface area contributed by atoms with Crippen LogP contribution in [-0.4, -0.2) is 74.3 Å². The summed E-state index contributed by atoms with van der Waals surface area (Å²) in [6, 6.07) is 0. The molecule has 0 aromatic carbocycles. The molecule has 0 bridgehead atoms. The Morgan fingerprint density at radius 1 is 1.39 bits per heavy atom. The maximum absolute atomic E-state index is 11.5. The molecule has 1 rings (SSSR count). The highest BCUT2D eigenvalue weighted by Crippen LogP contribution is 2.17. The molecule has 104 valence electrons. The van der Waals surface area contributed by atoms with E-state index in [1.807, 2.05) is 19.0 Å². The van der Waals surface area contributed by atoms with Gasteiger partial charge in [0.15, 0.2) is 0 Å². The highest BCUT2D eigenvalue weighted by Gasteiger charge is 2.23. The van der Waals surface area contributed by atoms with Crippen LogP contribution in [0.5, 0.6) is 0 Å². The van der Waals surface area contributed by atoms with Crippen LogP contribution in [0, 0.1) is 5.92 Å². The Morgan fingerprint density at radius 3 is 2.61 bits per heavy atom. The van der Waals surface area contributed by atoms with Crippen LogP contribution in [0.3, 0.4) is 0 Å². The number of hydrogen-bond donors (Lipinski definition) is 0. The quantitative estimate of drug-likeness (QED) is 0.708. The molecule has 0 saturated carbocycles. The molecule has 1 saturated heterocycles. The van der Waals surface area contributed by atoms with E-state index in [0.717, 1.165) is 26.1 Å². The van der Waals surface area contributed by atoms with Crippen LogP contribution >= 0.6 is 0 Å². The number of nitrogens with zero attached hydrogens (tertiary/aromatic N) is 3. The number of likely N-dealkylation sites (tertiary alicyclic amines) is 1. The van der Waals surface area contributed by atoms with Gasteiger partial charge in [0.25, 0.3) is 0 Å². The summed E-state index contributed by atoms with van der Waals surface area (Å²) in [5, 5.41) is 0. The van der Waals surface area contributed by atoms with Crippen molar-refractivity contribution in [1.29, 1.82) is 0 Å². The lowest BCUT2D eigenvalue weighted by atomic mass is 9.97. The van der Waals surface area contributed by atoms with Gasteiger partial charge in [-0.15, -0.1) is 0 Å². The van der Waals surface area contributed by atoms with Crippen LogP contribution in [0.2, 0.25) is 0 Å². The molecule has 0 N–H and O–H groups in total. The van der Waals surface area contributed by atoms with Gasteiger partial charge >= 0.3 is 0 Å². The van der Waals surface area contributed by atoms with Crippen molar-refractivity contribution in [2.45, 2.75) is 19.3 Å². The van der Waals surface area contributed by atoms with Crippen LogP contribution in [0.1, 0.15) is 19.3 Å². The third-order valence-electron chi connectivity index (χ3n) is 3.50. The molecule has 1 aliphatic heterocycles. The van der Waals surface area contributed by atoms with E-state index in [4.69, 9.17) is 0 Å². The smallest absolute Gasteiger partial charge is 0.223 e. The fourth-order valence-corrected chi connectivity index (χ4v) is 2.29. The summed E-state index contributed by atoms with van der Waals surface area (Å²) in [7, 11) is 7.47. The van der Waals surface area contributed by atoms with Gasteiger partial charge in [0.2, 0.25) is 11.8 Å². The number of amides is 2.